The van der Waals surface area contributed by atoms with E-state index in [1.54, 1.807) is 0 Å². The maximum Gasteiger partial charge on any atom is 0.226 e. The Morgan fingerprint density at radius 1 is 1.08 bits per heavy atom. The van der Waals surface area contributed by atoms with Gasteiger partial charge in [-0.1, -0.05) is 30.3 Å². The molecule has 2 aromatic rings. The molecule has 2 rings (SSSR count). The summed E-state index contributed by atoms with van der Waals surface area (Å²) in [6, 6.07) is 9.55. The third-order valence-electron chi connectivity index (χ3n) is 1.53. The Labute approximate surface area is 80.5 Å². The van der Waals surface area contributed by atoms with E-state index in [4.69, 9.17) is 11.6 Å². The summed E-state index contributed by atoms with van der Waals surface area (Å²) in [6.45, 7) is 0. The van der Waals surface area contributed by atoms with Crippen molar-refractivity contribution in [3.8, 4) is 11.4 Å². The quantitative estimate of drug-likeness (QED) is 0.691. The smallest absolute Gasteiger partial charge is 0.205 e. The van der Waals surface area contributed by atoms with Crippen LogP contribution in [0.4, 0.5) is 0 Å². The summed E-state index contributed by atoms with van der Waals surface area (Å²) in [5.74, 6) is 0.542. The fourth-order valence-electron chi connectivity index (χ4n) is 0.967. The molecule has 0 amide bonds. The molecule has 0 aliphatic carbocycles. The highest BCUT2D eigenvalue weighted by molar-refractivity contribution is 6.28. The van der Waals surface area contributed by atoms with Crippen molar-refractivity contribution < 1.29 is 0 Å². The van der Waals surface area contributed by atoms with Crippen molar-refractivity contribution in [2.24, 2.45) is 0 Å². The topological polar surface area (TPSA) is 38.7 Å². The fraction of sp³-hybridized carbons (Fsp3) is 0. The lowest BCUT2D eigenvalue weighted by molar-refractivity contribution is 1.04. The van der Waals surface area contributed by atoms with Crippen LogP contribution >= 0.6 is 11.6 Å². The molecular formula is C9H5ClN3. The zero-order chi connectivity index (χ0) is 9.10. The van der Waals surface area contributed by atoms with Crippen LogP contribution in [0.1, 0.15) is 0 Å². The van der Waals surface area contributed by atoms with E-state index in [0.717, 1.165) is 5.56 Å². The number of hydrogen-bond donors (Lipinski definition) is 0. The summed E-state index contributed by atoms with van der Waals surface area (Å²) < 4.78 is 0. The monoisotopic (exact) mass is 190 g/mol. The standard InChI is InChI=1S/C9H5ClN3/c10-9-12-6-11-8(13-9)7-4-2-1-3-5-7/h1-5H. The molecule has 1 heterocycles. The second kappa shape index (κ2) is 3.49. The summed E-state index contributed by atoms with van der Waals surface area (Å²) >= 11 is 5.60. The second-order valence-corrected chi connectivity index (χ2v) is 2.73. The number of hydrogen-bond acceptors (Lipinski definition) is 3. The van der Waals surface area contributed by atoms with Crippen LogP contribution in [-0.4, -0.2) is 15.0 Å². The summed E-state index contributed by atoms with van der Waals surface area (Å²) in [5, 5.41) is 0.161. The molecule has 1 radical (unpaired) electrons. The molecule has 1 aromatic carbocycles. The van der Waals surface area contributed by atoms with Gasteiger partial charge in [0, 0.05) is 5.56 Å². The van der Waals surface area contributed by atoms with Gasteiger partial charge in [0.1, 0.15) is 0 Å². The van der Waals surface area contributed by atoms with Crippen molar-refractivity contribution in [3.05, 3.63) is 41.9 Å². The Kier molecular flexibility index (Phi) is 2.19. The highest BCUT2D eigenvalue weighted by Gasteiger charge is 2.00. The lowest BCUT2D eigenvalue weighted by atomic mass is 10.2. The predicted octanol–water partition coefficient (Wildman–Crippen LogP) is 1.99. The molecule has 0 bridgehead atoms. The fourth-order valence-corrected chi connectivity index (χ4v) is 1.09. The number of benzene rings is 1. The van der Waals surface area contributed by atoms with Crippen LogP contribution in [0.5, 0.6) is 0 Å². The van der Waals surface area contributed by atoms with Crippen molar-refractivity contribution in [2.45, 2.75) is 0 Å². The van der Waals surface area contributed by atoms with Gasteiger partial charge >= 0.3 is 0 Å². The third-order valence-corrected chi connectivity index (χ3v) is 1.70. The summed E-state index contributed by atoms with van der Waals surface area (Å²) in [5.41, 5.74) is 0.906. The van der Waals surface area contributed by atoms with E-state index in [0.29, 0.717) is 5.82 Å². The van der Waals surface area contributed by atoms with Crippen LogP contribution < -0.4 is 0 Å². The maximum absolute atomic E-state index is 5.60. The van der Waals surface area contributed by atoms with Crippen LogP contribution in [0.3, 0.4) is 0 Å². The van der Waals surface area contributed by atoms with Gasteiger partial charge in [-0.05, 0) is 11.6 Å². The average molecular weight is 191 g/mol. The molecule has 0 aliphatic heterocycles. The maximum atomic E-state index is 5.60. The van der Waals surface area contributed by atoms with E-state index in [2.05, 4.69) is 21.3 Å². The highest BCUT2D eigenvalue weighted by Crippen LogP contribution is 2.13. The molecule has 0 fully saturated rings. The minimum Gasteiger partial charge on any atom is -0.205 e. The van der Waals surface area contributed by atoms with E-state index in [9.17, 15) is 0 Å². The molecule has 0 atom stereocenters. The van der Waals surface area contributed by atoms with E-state index in [1.165, 1.54) is 0 Å². The molecule has 0 saturated carbocycles. The van der Waals surface area contributed by atoms with Crippen LogP contribution in [0.2, 0.25) is 5.28 Å². The molecule has 63 valence electrons. The van der Waals surface area contributed by atoms with Crippen molar-refractivity contribution >= 4 is 11.6 Å². The van der Waals surface area contributed by atoms with Crippen LogP contribution in [-0.2, 0) is 0 Å². The van der Waals surface area contributed by atoms with Crippen molar-refractivity contribution in [1.82, 2.24) is 15.0 Å². The lowest BCUT2D eigenvalue weighted by Crippen LogP contribution is -1.90. The summed E-state index contributed by atoms with van der Waals surface area (Å²) in [4.78, 5) is 11.4. The summed E-state index contributed by atoms with van der Waals surface area (Å²) in [6.07, 6.45) is 2.43. The first-order valence-corrected chi connectivity index (χ1v) is 4.07. The average Bonchev–Trinajstić information content (AvgIpc) is 2.19. The van der Waals surface area contributed by atoms with E-state index in [1.807, 2.05) is 30.3 Å². The minimum absolute atomic E-state index is 0.161. The molecule has 3 nitrogen and oxygen atoms in total. The van der Waals surface area contributed by atoms with Crippen LogP contribution in [0.25, 0.3) is 11.4 Å². The number of nitrogens with zero attached hydrogens (tertiary/aromatic N) is 3. The number of rotatable bonds is 1. The first-order chi connectivity index (χ1) is 6.36. The molecule has 0 spiro atoms. The molecule has 4 heteroatoms. The predicted molar refractivity (Wildman–Crippen MR) is 49.1 cm³/mol. The Morgan fingerprint density at radius 2 is 1.85 bits per heavy atom. The van der Waals surface area contributed by atoms with Gasteiger partial charge in [0.2, 0.25) is 11.6 Å². The Balaban J connectivity index is 2.48. The highest BCUT2D eigenvalue weighted by atomic mass is 35.5. The zero-order valence-electron chi connectivity index (χ0n) is 6.61. The molecule has 0 unspecified atom stereocenters. The molecule has 0 N–H and O–H groups in total. The van der Waals surface area contributed by atoms with Gasteiger partial charge in [-0.2, -0.15) is 9.97 Å². The number of aromatic nitrogens is 3. The SMILES string of the molecule is Clc1n[c]nc(-c2ccccc2)n1. The molecule has 13 heavy (non-hydrogen) atoms. The first kappa shape index (κ1) is 8.13. The van der Waals surface area contributed by atoms with Gasteiger partial charge < -0.3 is 0 Å². The van der Waals surface area contributed by atoms with Crippen LogP contribution in [0.15, 0.2) is 30.3 Å². The van der Waals surface area contributed by atoms with Gasteiger partial charge in [-0.25, -0.2) is 4.98 Å². The molecular weight excluding hydrogens is 186 g/mol. The van der Waals surface area contributed by atoms with Gasteiger partial charge in [0.05, 0.1) is 0 Å². The molecule has 0 aliphatic rings. The largest absolute Gasteiger partial charge is 0.226 e. The Morgan fingerprint density at radius 3 is 2.54 bits per heavy atom. The minimum atomic E-state index is 0.161. The van der Waals surface area contributed by atoms with E-state index < -0.39 is 0 Å². The van der Waals surface area contributed by atoms with Crippen molar-refractivity contribution in [2.75, 3.05) is 0 Å². The zero-order valence-corrected chi connectivity index (χ0v) is 7.36. The van der Waals surface area contributed by atoms with Crippen LogP contribution in [0, 0.1) is 6.33 Å². The van der Waals surface area contributed by atoms with E-state index >= 15 is 0 Å². The summed E-state index contributed by atoms with van der Waals surface area (Å²) in [7, 11) is 0. The van der Waals surface area contributed by atoms with E-state index in [-0.39, 0.29) is 5.28 Å². The van der Waals surface area contributed by atoms with Gasteiger partial charge in [-0.15, -0.1) is 0 Å². The van der Waals surface area contributed by atoms with Crippen molar-refractivity contribution in [1.29, 1.82) is 0 Å². The second-order valence-electron chi connectivity index (χ2n) is 2.39. The van der Waals surface area contributed by atoms with Crippen molar-refractivity contribution in [3.63, 3.8) is 0 Å². The van der Waals surface area contributed by atoms with Gasteiger partial charge in [-0.3, -0.25) is 0 Å². The van der Waals surface area contributed by atoms with Gasteiger partial charge in [0.15, 0.2) is 5.82 Å². The Hall–Kier alpha value is -1.48. The Bertz CT molecular complexity index is 403. The number of halogens is 1. The molecule has 0 saturated heterocycles. The third kappa shape index (κ3) is 1.81. The first-order valence-electron chi connectivity index (χ1n) is 3.69. The lowest BCUT2D eigenvalue weighted by Gasteiger charge is -1.96. The molecule has 1 aromatic heterocycles. The van der Waals surface area contributed by atoms with Gasteiger partial charge in [0.25, 0.3) is 0 Å². The normalized spacial score (nSPS) is 9.92.